The minimum absolute atomic E-state index is 0.173. The Balaban J connectivity index is 0.872. The molecule has 123 heavy (non-hydrogen) atoms. The monoisotopic (exact) mass is 1570 g/mol. The molecule has 0 spiro atoms. The molecule has 4 heterocycles. The summed E-state index contributed by atoms with van der Waals surface area (Å²) in [5.74, 6) is 0. The van der Waals surface area contributed by atoms with Crippen LogP contribution in [-0.4, -0.2) is 15.8 Å². The first-order valence-corrected chi connectivity index (χ1v) is 43.6. The molecule has 2 aliphatic rings. The number of nitrogens with zero attached hydrogens (tertiary/aromatic N) is 4. The van der Waals surface area contributed by atoms with Crippen LogP contribution in [0.3, 0.4) is 0 Å². The molecule has 2 aliphatic heterocycles. The molecule has 2 aromatic heterocycles. The van der Waals surface area contributed by atoms with Crippen molar-refractivity contribution in [3.05, 3.63) is 381 Å². The number of hydrogen-bond donors (Lipinski definition) is 0. The molecule has 0 bridgehead atoms. The first kappa shape index (κ1) is 71.4. The summed E-state index contributed by atoms with van der Waals surface area (Å²) in [7, 11) is 0. The fourth-order valence-electron chi connectivity index (χ4n) is 21.9. The predicted octanol–water partition coefficient (Wildman–Crippen LogP) is 30.5. The van der Waals surface area contributed by atoms with E-state index in [-0.39, 0.29) is 23.0 Å². The quantitative estimate of drug-likeness (QED) is 0.0771. The van der Waals surface area contributed by atoms with Gasteiger partial charge in [-0.25, -0.2) is 0 Å². The molecule has 582 valence electrons. The molecular weight excluding hydrogens is 1480 g/mol. The van der Waals surface area contributed by atoms with Crippen molar-refractivity contribution < 1.29 is 0 Å². The molecule has 0 atom stereocenters. The highest BCUT2D eigenvalue weighted by Crippen LogP contribution is 2.58. The molecule has 21 aromatic carbocycles. The molecule has 0 saturated carbocycles. The second-order valence-electron chi connectivity index (χ2n) is 37.9. The molecule has 0 unspecified atom stereocenters. The third-order valence-corrected chi connectivity index (χ3v) is 27.7. The van der Waals surface area contributed by atoms with Gasteiger partial charge in [-0.3, -0.25) is 0 Å². The van der Waals surface area contributed by atoms with Crippen LogP contribution in [-0.2, 0) is 16.2 Å². The van der Waals surface area contributed by atoms with E-state index in [9.17, 15) is 0 Å². The van der Waals surface area contributed by atoms with E-state index in [2.05, 4.69) is 445 Å². The van der Waals surface area contributed by atoms with Crippen molar-refractivity contribution >= 4 is 165 Å². The molecule has 23 aromatic rings. The van der Waals surface area contributed by atoms with Crippen molar-refractivity contribution in [3.8, 4) is 78.1 Å². The van der Waals surface area contributed by atoms with Crippen LogP contribution in [0.5, 0.6) is 0 Å². The van der Waals surface area contributed by atoms with Crippen LogP contribution in [0.15, 0.2) is 364 Å². The Hall–Kier alpha value is -14.5. The van der Waals surface area contributed by atoms with E-state index in [0.29, 0.717) is 0 Å². The summed E-state index contributed by atoms with van der Waals surface area (Å²) in [6, 6.07) is 141. The lowest BCUT2D eigenvalue weighted by atomic mass is 9.33. The molecule has 0 radical (unpaired) electrons. The number of hydrogen-bond acceptors (Lipinski definition) is 2. The van der Waals surface area contributed by atoms with Gasteiger partial charge < -0.3 is 18.9 Å². The fourth-order valence-corrected chi connectivity index (χ4v) is 21.9. The number of fused-ring (bicyclic) bond motifs is 6. The SMILES string of the molecule is CC(C)(C)c1cccc(-c2cc(-c3ccccc3)cc(-c3cccc(C(C)(C)C)c3)c2N2c3cc(-n4c5ccc6cccc7c8cccc9ccc4c(c98)c5c67)ccc3B3c4ccc(-n5c6ccc7cccc8c9cccc%10ccc5c(c%109)c6c78)cc4N(c4c(-c5ccccc5)cc(C(C)(C)C)cc4-c4ccccc4)c4cc(-c5ccccc5)cc2c43)c1. The van der Waals surface area contributed by atoms with Gasteiger partial charge in [0.1, 0.15) is 0 Å². The highest BCUT2D eigenvalue weighted by Gasteiger charge is 2.47. The Morgan fingerprint density at radius 1 is 0.211 bits per heavy atom. The van der Waals surface area contributed by atoms with Gasteiger partial charge in [-0.1, -0.05) is 341 Å². The molecule has 0 amide bonds. The summed E-state index contributed by atoms with van der Waals surface area (Å²) < 4.78 is 5.22. The summed E-state index contributed by atoms with van der Waals surface area (Å²) in [5.41, 5.74) is 34.2. The Bertz CT molecular complexity index is 7950. The van der Waals surface area contributed by atoms with E-state index >= 15 is 0 Å². The zero-order chi connectivity index (χ0) is 82.4. The maximum atomic E-state index is 2.79. The van der Waals surface area contributed by atoms with Crippen molar-refractivity contribution in [2.75, 3.05) is 9.80 Å². The normalized spacial score (nSPS) is 13.2. The maximum absolute atomic E-state index is 2.79. The van der Waals surface area contributed by atoms with E-state index in [0.717, 1.165) is 112 Å². The van der Waals surface area contributed by atoms with Gasteiger partial charge in [0.25, 0.3) is 6.71 Å². The van der Waals surface area contributed by atoms with Crippen LogP contribution in [0.1, 0.15) is 79.0 Å². The highest BCUT2D eigenvalue weighted by atomic mass is 15.2. The smallest absolute Gasteiger partial charge is 0.252 e. The van der Waals surface area contributed by atoms with Gasteiger partial charge in [0, 0.05) is 77.9 Å². The average Bonchev–Trinajstić information content (AvgIpc) is 1.61. The fraction of sp³-hybridized carbons (Fsp3) is 0.102. The van der Waals surface area contributed by atoms with Crippen LogP contribution >= 0.6 is 0 Å². The van der Waals surface area contributed by atoms with Gasteiger partial charge in [-0.2, -0.15) is 0 Å². The maximum Gasteiger partial charge on any atom is 0.252 e. The number of aromatic nitrogens is 2. The summed E-state index contributed by atoms with van der Waals surface area (Å²) in [6.45, 7) is 20.9. The van der Waals surface area contributed by atoms with Crippen LogP contribution in [0.4, 0.5) is 34.1 Å². The van der Waals surface area contributed by atoms with Gasteiger partial charge in [0.2, 0.25) is 0 Å². The van der Waals surface area contributed by atoms with Crippen LogP contribution < -0.4 is 26.2 Å². The predicted molar refractivity (Wildman–Crippen MR) is 528 cm³/mol. The van der Waals surface area contributed by atoms with Gasteiger partial charge >= 0.3 is 0 Å². The Morgan fingerprint density at radius 3 is 0.862 bits per heavy atom. The van der Waals surface area contributed by atoms with Crippen molar-refractivity contribution in [1.29, 1.82) is 0 Å². The zero-order valence-corrected chi connectivity index (χ0v) is 70.5. The van der Waals surface area contributed by atoms with E-state index in [1.807, 2.05) is 0 Å². The largest absolute Gasteiger partial charge is 0.310 e. The summed E-state index contributed by atoms with van der Waals surface area (Å²) in [4.78, 5) is 5.55. The molecule has 0 N–H and O–H groups in total. The lowest BCUT2D eigenvalue weighted by molar-refractivity contribution is 0.590. The minimum atomic E-state index is -0.324. The van der Waals surface area contributed by atoms with Crippen molar-refractivity contribution in [2.24, 2.45) is 0 Å². The summed E-state index contributed by atoms with van der Waals surface area (Å²) >= 11 is 0. The highest BCUT2D eigenvalue weighted by molar-refractivity contribution is 7.00. The minimum Gasteiger partial charge on any atom is -0.310 e. The van der Waals surface area contributed by atoms with Gasteiger partial charge in [0.05, 0.1) is 33.4 Å². The lowest BCUT2D eigenvalue weighted by Gasteiger charge is -2.46. The molecule has 25 rings (SSSR count). The third-order valence-electron chi connectivity index (χ3n) is 27.7. The Morgan fingerprint density at radius 2 is 0.520 bits per heavy atom. The van der Waals surface area contributed by atoms with Gasteiger partial charge in [-0.15, -0.1) is 0 Å². The molecule has 5 heteroatoms. The van der Waals surface area contributed by atoms with Crippen LogP contribution in [0, 0.1) is 0 Å². The number of anilines is 6. The average molecular weight is 1570 g/mol. The van der Waals surface area contributed by atoms with E-state index in [4.69, 9.17) is 0 Å². The summed E-state index contributed by atoms with van der Waals surface area (Å²) in [5, 5.41) is 20.7. The zero-order valence-electron chi connectivity index (χ0n) is 70.5. The van der Waals surface area contributed by atoms with Gasteiger partial charge in [0.15, 0.2) is 0 Å². The second kappa shape index (κ2) is 26.0. The van der Waals surface area contributed by atoms with Crippen molar-refractivity contribution in [1.82, 2.24) is 9.13 Å². The molecule has 0 fully saturated rings. The first-order chi connectivity index (χ1) is 59.9. The topological polar surface area (TPSA) is 16.3 Å². The van der Waals surface area contributed by atoms with E-state index in [1.165, 1.54) is 141 Å². The molecule has 4 nitrogen and oxygen atoms in total. The van der Waals surface area contributed by atoms with E-state index < -0.39 is 0 Å². The van der Waals surface area contributed by atoms with E-state index in [1.54, 1.807) is 0 Å². The third kappa shape index (κ3) is 10.5. The Kier molecular flexibility index (Phi) is 15.1. The second-order valence-corrected chi connectivity index (χ2v) is 37.9. The van der Waals surface area contributed by atoms with Crippen molar-refractivity contribution in [2.45, 2.75) is 78.6 Å². The summed E-state index contributed by atoms with van der Waals surface area (Å²) in [6.07, 6.45) is 0. The lowest BCUT2D eigenvalue weighted by Crippen LogP contribution is -2.61. The number of benzene rings is 21. The number of rotatable bonds is 10. The molecule has 0 saturated heterocycles. The first-order valence-electron chi connectivity index (χ1n) is 43.6. The Labute approximate surface area is 716 Å². The van der Waals surface area contributed by atoms with Crippen molar-refractivity contribution in [3.63, 3.8) is 0 Å². The molecular formula is C118H87BN4. The van der Waals surface area contributed by atoms with Crippen LogP contribution in [0.2, 0.25) is 0 Å². The van der Waals surface area contributed by atoms with Crippen LogP contribution in [0.25, 0.3) is 186 Å². The van der Waals surface area contributed by atoms with Gasteiger partial charge in [-0.05, 0) is 243 Å². The molecule has 0 aliphatic carbocycles. The standard InChI is InChI=1S/C118H87BN4/c1-116(2,3)82-42-22-40-78(60-82)91-62-80(70-28-14-10-15-29-70)63-92(79-41-23-43-83(61-79)117(4,5)6)114(91)122-101-68-85(120-97-56-48-74-36-24-44-87-88-45-25-37-75-49-57-98(120)110(106(75)88)109(97)105(74)87)52-54-95(101)119-96-55-53-86(121-99-58-50-76-38-26-46-89-90-47-27-39-77-51-59-100(121)112(108(77)90)111(99)107(76)89)69-102(96)123(104-65-81(64-103(122)113(104)119)71-30-16-11-17-31-71)115-93(72-32-18-12-19-33-72)66-84(118(7,8)9)67-94(115)73-34-20-13-21-35-73/h10-69H,1-9H3.